The molecular weight excluding hydrogens is 332 g/mol. The zero-order valence-corrected chi connectivity index (χ0v) is 13.8. The largest absolute Gasteiger partial charge is 0.335 e. The van der Waals surface area contributed by atoms with Gasteiger partial charge in [-0.25, -0.2) is 23.2 Å². The van der Waals surface area contributed by atoms with E-state index < -0.39 is 5.92 Å². The summed E-state index contributed by atoms with van der Waals surface area (Å²) in [6, 6.07) is 2.97. The standard InChI is InChI=1S/C15H19F2N7O/c1-23(14(25)20-12-2-5-15(16,17)6-3-12)13-8-11(4-7-18-13)9-24-10-19-21-22-24/h4,7-8,10,12H,2-3,5-6,9H2,1H3,(H,20,25). The summed E-state index contributed by atoms with van der Waals surface area (Å²) in [6.45, 7) is 0.454. The van der Waals surface area contributed by atoms with E-state index in [1.54, 1.807) is 30.1 Å². The molecule has 10 heteroatoms. The number of hydrogen-bond donors (Lipinski definition) is 1. The lowest BCUT2D eigenvalue weighted by Crippen LogP contribution is -2.46. The molecule has 1 fully saturated rings. The Hall–Kier alpha value is -2.65. The zero-order chi connectivity index (χ0) is 17.9. The molecule has 25 heavy (non-hydrogen) atoms. The quantitative estimate of drug-likeness (QED) is 0.908. The molecule has 134 valence electrons. The molecule has 0 unspecified atom stereocenters. The Morgan fingerprint density at radius 3 is 2.88 bits per heavy atom. The minimum Gasteiger partial charge on any atom is -0.335 e. The number of nitrogens with one attached hydrogen (secondary N) is 1. The van der Waals surface area contributed by atoms with E-state index in [2.05, 4.69) is 25.8 Å². The maximum Gasteiger partial charge on any atom is 0.323 e. The molecule has 3 rings (SSSR count). The Morgan fingerprint density at radius 1 is 1.44 bits per heavy atom. The van der Waals surface area contributed by atoms with Gasteiger partial charge in [-0.1, -0.05) is 0 Å². The summed E-state index contributed by atoms with van der Waals surface area (Å²) in [5.74, 6) is -2.15. The van der Waals surface area contributed by atoms with Crippen molar-refractivity contribution >= 4 is 11.8 Å². The van der Waals surface area contributed by atoms with Gasteiger partial charge < -0.3 is 5.32 Å². The van der Waals surface area contributed by atoms with Crippen LogP contribution in [-0.4, -0.2) is 50.2 Å². The number of rotatable bonds is 4. The number of urea groups is 1. The van der Waals surface area contributed by atoms with Crippen molar-refractivity contribution in [1.82, 2.24) is 30.5 Å². The summed E-state index contributed by atoms with van der Waals surface area (Å²) in [7, 11) is 1.59. The maximum atomic E-state index is 13.2. The molecule has 2 amide bonds. The molecule has 2 aromatic heterocycles. The van der Waals surface area contributed by atoms with Gasteiger partial charge in [0.1, 0.15) is 12.1 Å². The number of amides is 2. The van der Waals surface area contributed by atoms with Crippen molar-refractivity contribution in [3.63, 3.8) is 0 Å². The monoisotopic (exact) mass is 351 g/mol. The predicted molar refractivity (Wildman–Crippen MR) is 85.3 cm³/mol. The molecule has 1 aliphatic rings. The molecule has 0 saturated heterocycles. The average Bonchev–Trinajstić information content (AvgIpc) is 3.09. The normalized spacial score (nSPS) is 17.2. The first kappa shape index (κ1) is 17.2. The number of carbonyl (C=O) groups excluding carboxylic acids is 1. The number of carbonyl (C=O) groups is 1. The molecule has 0 bridgehead atoms. The lowest BCUT2D eigenvalue weighted by Gasteiger charge is -2.30. The van der Waals surface area contributed by atoms with Crippen LogP contribution in [0.25, 0.3) is 0 Å². The summed E-state index contributed by atoms with van der Waals surface area (Å²) < 4.78 is 27.9. The molecule has 1 aliphatic carbocycles. The minimum atomic E-state index is -2.61. The van der Waals surface area contributed by atoms with Crippen LogP contribution in [0.2, 0.25) is 0 Å². The predicted octanol–water partition coefficient (Wildman–Crippen LogP) is 1.84. The van der Waals surface area contributed by atoms with Crippen molar-refractivity contribution in [2.45, 2.75) is 44.2 Å². The van der Waals surface area contributed by atoms with Crippen LogP contribution in [-0.2, 0) is 6.54 Å². The molecule has 1 N–H and O–H groups in total. The van der Waals surface area contributed by atoms with E-state index in [9.17, 15) is 13.6 Å². The minimum absolute atomic E-state index is 0.193. The fourth-order valence-electron chi connectivity index (χ4n) is 2.74. The van der Waals surface area contributed by atoms with Gasteiger partial charge >= 0.3 is 6.03 Å². The highest BCUT2D eigenvalue weighted by atomic mass is 19.3. The van der Waals surface area contributed by atoms with Crippen molar-refractivity contribution < 1.29 is 13.6 Å². The molecule has 8 nitrogen and oxygen atoms in total. The lowest BCUT2D eigenvalue weighted by atomic mass is 9.92. The van der Waals surface area contributed by atoms with Crippen molar-refractivity contribution in [2.24, 2.45) is 0 Å². The number of hydrogen-bond acceptors (Lipinski definition) is 5. The lowest BCUT2D eigenvalue weighted by molar-refractivity contribution is -0.0394. The number of aromatic nitrogens is 5. The summed E-state index contributed by atoms with van der Waals surface area (Å²) in [6.07, 6.45) is 3.26. The molecule has 0 spiro atoms. The summed E-state index contributed by atoms with van der Waals surface area (Å²) in [4.78, 5) is 17.9. The second kappa shape index (κ2) is 7.08. The third-order valence-electron chi connectivity index (χ3n) is 4.24. The third-order valence-corrected chi connectivity index (χ3v) is 4.24. The molecule has 1 saturated carbocycles. The molecule has 0 atom stereocenters. The number of nitrogens with zero attached hydrogens (tertiary/aromatic N) is 6. The zero-order valence-electron chi connectivity index (χ0n) is 13.8. The molecule has 0 radical (unpaired) electrons. The number of alkyl halides is 2. The average molecular weight is 351 g/mol. The topological polar surface area (TPSA) is 88.8 Å². The van der Waals surface area contributed by atoms with Crippen LogP contribution >= 0.6 is 0 Å². The van der Waals surface area contributed by atoms with Gasteiger partial charge in [-0.3, -0.25) is 4.90 Å². The van der Waals surface area contributed by atoms with E-state index in [4.69, 9.17) is 0 Å². The van der Waals surface area contributed by atoms with Gasteiger partial charge in [-0.15, -0.1) is 5.10 Å². The Bertz CT molecular complexity index is 712. The van der Waals surface area contributed by atoms with E-state index in [1.165, 1.54) is 11.2 Å². The Balaban J connectivity index is 1.60. The fraction of sp³-hybridized carbons (Fsp3) is 0.533. The molecule has 0 aliphatic heterocycles. The van der Waals surface area contributed by atoms with E-state index in [0.717, 1.165) is 5.56 Å². The van der Waals surface area contributed by atoms with E-state index >= 15 is 0 Å². The van der Waals surface area contributed by atoms with Crippen LogP contribution in [0.3, 0.4) is 0 Å². The van der Waals surface area contributed by atoms with E-state index in [1.807, 2.05) is 0 Å². The highest BCUT2D eigenvalue weighted by Crippen LogP contribution is 2.33. The Kier molecular flexibility index (Phi) is 4.86. The van der Waals surface area contributed by atoms with Gasteiger partial charge in [0.15, 0.2) is 0 Å². The van der Waals surface area contributed by atoms with Crippen LogP contribution in [0.1, 0.15) is 31.2 Å². The number of halogens is 2. The van der Waals surface area contributed by atoms with Crippen LogP contribution < -0.4 is 10.2 Å². The van der Waals surface area contributed by atoms with Crippen molar-refractivity contribution in [2.75, 3.05) is 11.9 Å². The van der Waals surface area contributed by atoms with Crippen LogP contribution in [0.15, 0.2) is 24.7 Å². The smallest absolute Gasteiger partial charge is 0.323 e. The van der Waals surface area contributed by atoms with Gasteiger partial charge in [0.25, 0.3) is 0 Å². The summed E-state index contributed by atoms with van der Waals surface area (Å²) in [5, 5.41) is 13.7. The SMILES string of the molecule is CN(C(=O)NC1CCC(F)(F)CC1)c1cc(Cn2cnnn2)ccn1. The summed E-state index contributed by atoms with van der Waals surface area (Å²) >= 11 is 0. The number of pyridine rings is 1. The van der Waals surface area contributed by atoms with Crippen molar-refractivity contribution in [3.05, 3.63) is 30.2 Å². The highest BCUT2D eigenvalue weighted by molar-refractivity contribution is 5.90. The van der Waals surface area contributed by atoms with Gasteiger partial charge in [0.2, 0.25) is 5.92 Å². The van der Waals surface area contributed by atoms with Crippen molar-refractivity contribution in [3.8, 4) is 0 Å². The highest BCUT2D eigenvalue weighted by Gasteiger charge is 2.35. The van der Waals surface area contributed by atoms with Crippen LogP contribution in [0, 0.1) is 0 Å². The first-order chi connectivity index (χ1) is 11.9. The Labute approximate surface area is 143 Å². The fourth-order valence-corrected chi connectivity index (χ4v) is 2.74. The molecule has 2 heterocycles. The van der Waals surface area contributed by atoms with Gasteiger partial charge in [0, 0.05) is 32.1 Å². The second-order valence-corrected chi connectivity index (χ2v) is 6.17. The number of tetrazole rings is 1. The van der Waals surface area contributed by atoms with Crippen molar-refractivity contribution in [1.29, 1.82) is 0 Å². The van der Waals surface area contributed by atoms with E-state index in [0.29, 0.717) is 12.4 Å². The van der Waals surface area contributed by atoms with Crippen LogP contribution in [0.5, 0.6) is 0 Å². The summed E-state index contributed by atoms with van der Waals surface area (Å²) in [5.41, 5.74) is 0.884. The van der Waals surface area contributed by atoms with Gasteiger partial charge in [-0.05, 0) is 41.0 Å². The van der Waals surface area contributed by atoms with Gasteiger partial charge in [0.05, 0.1) is 6.54 Å². The molecule has 2 aromatic rings. The number of anilines is 1. The van der Waals surface area contributed by atoms with Crippen LogP contribution in [0.4, 0.5) is 19.4 Å². The molecule has 0 aromatic carbocycles. The first-order valence-corrected chi connectivity index (χ1v) is 8.01. The Morgan fingerprint density at radius 2 is 2.20 bits per heavy atom. The second-order valence-electron chi connectivity index (χ2n) is 6.17. The van der Waals surface area contributed by atoms with E-state index in [-0.39, 0.29) is 37.8 Å². The van der Waals surface area contributed by atoms with Gasteiger partial charge in [-0.2, -0.15) is 0 Å². The first-order valence-electron chi connectivity index (χ1n) is 8.01. The molecular formula is C15H19F2N7O. The maximum absolute atomic E-state index is 13.2. The third kappa shape index (κ3) is 4.46.